The number of rotatable bonds is 6. The van der Waals surface area contributed by atoms with Gasteiger partial charge in [0.25, 0.3) is 0 Å². The van der Waals surface area contributed by atoms with E-state index < -0.39 is 0 Å². The summed E-state index contributed by atoms with van der Waals surface area (Å²) in [5.74, 6) is -0.302. The van der Waals surface area contributed by atoms with Crippen molar-refractivity contribution in [1.82, 2.24) is 15.5 Å². The molecule has 3 nitrogen and oxygen atoms in total. The number of aryl methyl sites for hydroxylation is 2. The molecule has 0 saturated heterocycles. The van der Waals surface area contributed by atoms with E-state index >= 15 is 0 Å². The van der Waals surface area contributed by atoms with Crippen molar-refractivity contribution in [3.05, 3.63) is 52.1 Å². The number of nitrogens with one attached hydrogen (secondary N) is 2. The van der Waals surface area contributed by atoms with Crippen molar-refractivity contribution in [3.8, 4) is 0 Å². The molecule has 0 aliphatic heterocycles. The topological polar surface area (TPSA) is 40.7 Å². The molecule has 0 spiro atoms. The van der Waals surface area contributed by atoms with E-state index in [9.17, 15) is 4.39 Å². The fourth-order valence-electron chi connectivity index (χ4n) is 1.92. The minimum Gasteiger partial charge on any atom is -0.313 e. The Morgan fingerprint density at radius 3 is 2.89 bits per heavy atom. The Morgan fingerprint density at radius 2 is 2.21 bits per heavy atom. The minimum absolute atomic E-state index is 0.302. The van der Waals surface area contributed by atoms with Crippen LogP contribution in [0, 0.1) is 12.7 Å². The van der Waals surface area contributed by atoms with Gasteiger partial charge in [-0.25, -0.2) is 4.39 Å². The third-order valence-electron chi connectivity index (χ3n) is 3.06. The second-order valence-corrected chi connectivity index (χ2v) is 4.94. The predicted octanol–water partition coefficient (Wildman–Crippen LogP) is 3.23. The van der Waals surface area contributed by atoms with Crippen LogP contribution in [-0.2, 0) is 13.0 Å². The summed E-state index contributed by atoms with van der Waals surface area (Å²) in [4.78, 5) is 0. The van der Waals surface area contributed by atoms with Gasteiger partial charge in [0, 0.05) is 17.3 Å². The highest BCUT2D eigenvalue weighted by molar-refractivity contribution is 6.31. The van der Waals surface area contributed by atoms with Gasteiger partial charge < -0.3 is 5.32 Å². The summed E-state index contributed by atoms with van der Waals surface area (Å²) in [6.07, 6.45) is 3.89. The molecule has 0 fully saturated rings. The molecule has 0 radical (unpaired) electrons. The Balaban J connectivity index is 1.71. The first kappa shape index (κ1) is 14.0. The third kappa shape index (κ3) is 4.04. The van der Waals surface area contributed by atoms with Crippen LogP contribution < -0.4 is 5.32 Å². The summed E-state index contributed by atoms with van der Waals surface area (Å²) in [7, 11) is 0. The van der Waals surface area contributed by atoms with Crippen LogP contribution in [-0.4, -0.2) is 16.7 Å². The van der Waals surface area contributed by atoms with E-state index in [4.69, 9.17) is 11.6 Å². The number of aromatic amines is 1. The van der Waals surface area contributed by atoms with Crippen LogP contribution in [0.2, 0.25) is 5.02 Å². The van der Waals surface area contributed by atoms with Crippen LogP contribution in [0.5, 0.6) is 0 Å². The van der Waals surface area contributed by atoms with E-state index in [0.29, 0.717) is 11.6 Å². The van der Waals surface area contributed by atoms with Gasteiger partial charge in [-0.15, -0.1) is 0 Å². The van der Waals surface area contributed by atoms with Gasteiger partial charge in [0.1, 0.15) is 5.82 Å². The average Bonchev–Trinajstić information content (AvgIpc) is 2.77. The van der Waals surface area contributed by atoms with Crippen LogP contribution in [0.1, 0.15) is 23.2 Å². The van der Waals surface area contributed by atoms with E-state index in [-0.39, 0.29) is 5.82 Å². The number of H-pyrrole nitrogens is 1. The van der Waals surface area contributed by atoms with Gasteiger partial charge in [-0.1, -0.05) is 17.7 Å². The van der Waals surface area contributed by atoms with Crippen LogP contribution in [0.15, 0.2) is 24.4 Å². The molecule has 1 aromatic carbocycles. The SMILES string of the molecule is Cc1[nH]ncc1CCCNCc1ccc(F)cc1Cl. The number of halogens is 2. The highest BCUT2D eigenvalue weighted by atomic mass is 35.5. The van der Waals surface area contributed by atoms with Crippen molar-refractivity contribution in [2.24, 2.45) is 0 Å². The molecule has 0 unspecified atom stereocenters. The number of hydrogen-bond acceptors (Lipinski definition) is 2. The maximum Gasteiger partial charge on any atom is 0.124 e. The van der Waals surface area contributed by atoms with Crippen molar-refractivity contribution in [3.63, 3.8) is 0 Å². The Kier molecular flexibility index (Phi) is 4.93. The second kappa shape index (κ2) is 6.68. The van der Waals surface area contributed by atoms with Gasteiger partial charge >= 0.3 is 0 Å². The zero-order chi connectivity index (χ0) is 13.7. The van der Waals surface area contributed by atoms with E-state index in [1.165, 1.54) is 17.7 Å². The number of hydrogen-bond donors (Lipinski definition) is 2. The van der Waals surface area contributed by atoms with E-state index in [0.717, 1.165) is 30.6 Å². The summed E-state index contributed by atoms with van der Waals surface area (Å²) >= 11 is 5.95. The standard InChI is InChI=1S/C14H17ClFN3/c1-10-11(9-18-19-10)3-2-6-17-8-12-4-5-13(16)7-14(12)15/h4-5,7,9,17H,2-3,6,8H2,1H3,(H,18,19). The van der Waals surface area contributed by atoms with Gasteiger partial charge in [-0.2, -0.15) is 5.10 Å². The Bertz CT molecular complexity index is 539. The van der Waals surface area contributed by atoms with E-state index in [1.807, 2.05) is 13.1 Å². The van der Waals surface area contributed by atoms with Crippen molar-refractivity contribution < 1.29 is 4.39 Å². The van der Waals surface area contributed by atoms with Crippen LogP contribution in [0.3, 0.4) is 0 Å². The molecule has 102 valence electrons. The summed E-state index contributed by atoms with van der Waals surface area (Å²) < 4.78 is 12.9. The first-order valence-electron chi connectivity index (χ1n) is 6.30. The van der Waals surface area contributed by atoms with Gasteiger partial charge in [0.15, 0.2) is 0 Å². The lowest BCUT2D eigenvalue weighted by molar-refractivity contribution is 0.622. The Labute approximate surface area is 117 Å². The molecular weight excluding hydrogens is 265 g/mol. The number of aromatic nitrogens is 2. The van der Waals surface area contributed by atoms with Crippen molar-refractivity contribution >= 4 is 11.6 Å². The molecule has 0 amide bonds. The monoisotopic (exact) mass is 281 g/mol. The lowest BCUT2D eigenvalue weighted by Crippen LogP contribution is -2.15. The van der Waals surface area contributed by atoms with Crippen LogP contribution >= 0.6 is 11.6 Å². The fraction of sp³-hybridized carbons (Fsp3) is 0.357. The molecule has 2 aromatic rings. The van der Waals surface area contributed by atoms with E-state index in [1.54, 1.807) is 6.07 Å². The van der Waals surface area contributed by atoms with Crippen LogP contribution in [0.4, 0.5) is 4.39 Å². The molecule has 2 rings (SSSR count). The van der Waals surface area contributed by atoms with Crippen molar-refractivity contribution in [2.75, 3.05) is 6.54 Å². The lowest BCUT2D eigenvalue weighted by Gasteiger charge is -2.06. The second-order valence-electron chi connectivity index (χ2n) is 4.54. The Morgan fingerprint density at radius 1 is 1.37 bits per heavy atom. The molecule has 0 atom stereocenters. The third-order valence-corrected chi connectivity index (χ3v) is 3.42. The zero-order valence-electron chi connectivity index (χ0n) is 10.8. The highest BCUT2D eigenvalue weighted by Gasteiger charge is 2.02. The van der Waals surface area contributed by atoms with Gasteiger partial charge in [-0.05, 0) is 49.6 Å². The summed E-state index contributed by atoms with van der Waals surface area (Å²) in [6.45, 7) is 3.57. The first-order valence-corrected chi connectivity index (χ1v) is 6.68. The highest BCUT2D eigenvalue weighted by Crippen LogP contribution is 2.16. The molecule has 0 aliphatic rings. The number of nitrogens with zero attached hydrogens (tertiary/aromatic N) is 1. The summed E-state index contributed by atoms with van der Waals surface area (Å²) in [5.41, 5.74) is 3.30. The molecule has 2 N–H and O–H groups in total. The van der Waals surface area contributed by atoms with Gasteiger partial charge in [0.2, 0.25) is 0 Å². The molecule has 0 bridgehead atoms. The first-order chi connectivity index (χ1) is 9.16. The molecule has 0 saturated carbocycles. The molecular formula is C14H17ClFN3. The summed E-state index contributed by atoms with van der Waals surface area (Å²) in [5, 5.41) is 10.7. The minimum atomic E-state index is -0.302. The van der Waals surface area contributed by atoms with Gasteiger partial charge in [0.05, 0.1) is 6.20 Å². The average molecular weight is 282 g/mol. The van der Waals surface area contributed by atoms with Crippen molar-refractivity contribution in [1.29, 1.82) is 0 Å². The predicted molar refractivity (Wildman–Crippen MR) is 74.8 cm³/mol. The van der Waals surface area contributed by atoms with Crippen LogP contribution in [0.25, 0.3) is 0 Å². The molecule has 1 heterocycles. The fourth-order valence-corrected chi connectivity index (χ4v) is 2.15. The summed E-state index contributed by atoms with van der Waals surface area (Å²) in [6, 6.07) is 4.48. The molecule has 19 heavy (non-hydrogen) atoms. The maximum atomic E-state index is 12.9. The molecule has 5 heteroatoms. The van der Waals surface area contributed by atoms with E-state index in [2.05, 4.69) is 15.5 Å². The van der Waals surface area contributed by atoms with Gasteiger partial charge in [-0.3, -0.25) is 5.10 Å². The lowest BCUT2D eigenvalue weighted by atomic mass is 10.1. The normalized spacial score (nSPS) is 10.9. The largest absolute Gasteiger partial charge is 0.313 e. The molecule has 1 aromatic heterocycles. The maximum absolute atomic E-state index is 12.9. The zero-order valence-corrected chi connectivity index (χ0v) is 11.6. The Hall–Kier alpha value is -1.39. The smallest absolute Gasteiger partial charge is 0.124 e. The van der Waals surface area contributed by atoms with Crippen molar-refractivity contribution in [2.45, 2.75) is 26.3 Å². The quantitative estimate of drug-likeness (QED) is 0.798. The number of benzene rings is 1. The molecule has 0 aliphatic carbocycles.